The number of benzene rings is 2. The van der Waals surface area contributed by atoms with Gasteiger partial charge in [-0.05, 0) is 36.2 Å². The number of H-pyrrole nitrogens is 1. The SMILES string of the molecule is C[C@@H](NC(=O)Cc1ccc2c(-c3ccccc3)c[nH]c2c1)c1ccc(OCC(F)(F)F)cn1. The molecule has 0 saturated carbocycles. The number of hydrogen-bond acceptors (Lipinski definition) is 3. The lowest BCUT2D eigenvalue weighted by Crippen LogP contribution is -2.28. The Bertz CT molecular complexity index is 1240. The Labute approximate surface area is 188 Å². The molecule has 4 rings (SSSR count). The number of aromatic nitrogens is 2. The molecule has 1 amide bonds. The Morgan fingerprint density at radius 3 is 2.61 bits per heavy atom. The van der Waals surface area contributed by atoms with Crippen LogP contribution in [0.15, 0.2) is 73.1 Å². The van der Waals surface area contributed by atoms with Crippen molar-refractivity contribution in [2.75, 3.05) is 6.61 Å². The molecule has 170 valence electrons. The van der Waals surface area contributed by atoms with E-state index in [0.29, 0.717) is 5.69 Å². The van der Waals surface area contributed by atoms with Crippen LogP contribution in [-0.2, 0) is 11.2 Å². The third-order valence-corrected chi connectivity index (χ3v) is 5.18. The molecule has 0 saturated heterocycles. The second kappa shape index (κ2) is 9.36. The molecular weight excluding hydrogens is 431 g/mol. The number of carbonyl (C=O) groups excluding carboxylic acids is 1. The van der Waals surface area contributed by atoms with E-state index in [2.05, 4.69) is 20.0 Å². The van der Waals surface area contributed by atoms with Gasteiger partial charge in [0.2, 0.25) is 5.91 Å². The Balaban J connectivity index is 1.37. The molecule has 0 bridgehead atoms. The summed E-state index contributed by atoms with van der Waals surface area (Å²) >= 11 is 0. The second-order valence-electron chi connectivity index (χ2n) is 7.74. The van der Waals surface area contributed by atoms with Gasteiger partial charge < -0.3 is 15.0 Å². The van der Waals surface area contributed by atoms with E-state index in [-0.39, 0.29) is 18.1 Å². The van der Waals surface area contributed by atoms with Crippen molar-refractivity contribution >= 4 is 16.8 Å². The molecule has 2 heterocycles. The first kappa shape index (κ1) is 22.4. The molecule has 0 aliphatic heterocycles. The van der Waals surface area contributed by atoms with Crippen LogP contribution in [0.4, 0.5) is 13.2 Å². The number of nitrogens with zero attached hydrogens (tertiary/aromatic N) is 1. The first-order chi connectivity index (χ1) is 15.8. The summed E-state index contributed by atoms with van der Waals surface area (Å²) in [4.78, 5) is 19.9. The Morgan fingerprint density at radius 2 is 1.91 bits per heavy atom. The van der Waals surface area contributed by atoms with E-state index in [1.165, 1.54) is 18.3 Å². The van der Waals surface area contributed by atoms with E-state index in [9.17, 15) is 18.0 Å². The highest BCUT2D eigenvalue weighted by molar-refractivity contribution is 5.96. The summed E-state index contributed by atoms with van der Waals surface area (Å²) in [5.74, 6) is -0.167. The summed E-state index contributed by atoms with van der Waals surface area (Å²) in [7, 11) is 0. The smallest absolute Gasteiger partial charge is 0.422 e. The number of pyridine rings is 1. The first-order valence-corrected chi connectivity index (χ1v) is 10.4. The van der Waals surface area contributed by atoms with E-state index < -0.39 is 18.8 Å². The number of aromatic amines is 1. The van der Waals surface area contributed by atoms with Crippen LogP contribution in [0.1, 0.15) is 24.2 Å². The standard InChI is InChI=1S/C25H22F3N3O2/c1-16(22-10-8-19(13-29-22)33-15-25(26,27)28)31-24(32)12-17-7-9-20-21(14-30-23(20)11-17)18-5-3-2-4-6-18/h2-11,13-14,16,30H,12,15H2,1H3,(H,31,32)/t16-/m1/s1. The van der Waals surface area contributed by atoms with Crippen LogP contribution in [0, 0.1) is 0 Å². The van der Waals surface area contributed by atoms with Gasteiger partial charge in [0.05, 0.1) is 24.4 Å². The molecule has 4 aromatic rings. The van der Waals surface area contributed by atoms with Gasteiger partial charge in [0.15, 0.2) is 6.61 Å². The lowest BCUT2D eigenvalue weighted by atomic mass is 10.0. The van der Waals surface area contributed by atoms with Crippen LogP contribution in [0.2, 0.25) is 0 Å². The Hall–Kier alpha value is -3.81. The molecule has 33 heavy (non-hydrogen) atoms. The van der Waals surface area contributed by atoms with Gasteiger partial charge in [-0.2, -0.15) is 13.2 Å². The number of fused-ring (bicyclic) bond motifs is 1. The van der Waals surface area contributed by atoms with Crippen molar-refractivity contribution in [2.24, 2.45) is 0 Å². The van der Waals surface area contributed by atoms with Gasteiger partial charge in [-0.1, -0.05) is 42.5 Å². The van der Waals surface area contributed by atoms with Gasteiger partial charge in [0.25, 0.3) is 0 Å². The quantitative estimate of drug-likeness (QED) is 0.383. The molecule has 2 N–H and O–H groups in total. The topological polar surface area (TPSA) is 67.0 Å². The lowest BCUT2D eigenvalue weighted by Gasteiger charge is -2.14. The predicted molar refractivity (Wildman–Crippen MR) is 120 cm³/mol. The van der Waals surface area contributed by atoms with E-state index in [1.54, 1.807) is 6.92 Å². The van der Waals surface area contributed by atoms with E-state index >= 15 is 0 Å². The number of amides is 1. The van der Waals surface area contributed by atoms with Crippen LogP contribution in [0.25, 0.3) is 22.0 Å². The zero-order valence-corrected chi connectivity index (χ0v) is 17.8. The molecule has 5 nitrogen and oxygen atoms in total. The minimum atomic E-state index is -4.41. The molecule has 1 atom stereocenters. The molecule has 2 aromatic heterocycles. The molecule has 0 fully saturated rings. The minimum absolute atomic E-state index is 0.0173. The number of ether oxygens (including phenoxy) is 1. The van der Waals surface area contributed by atoms with Gasteiger partial charge in [-0.3, -0.25) is 9.78 Å². The maximum atomic E-state index is 12.5. The molecule has 2 aromatic carbocycles. The predicted octanol–water partition coefficient (Wildman–Crippen LogP) is 5.59. The molecule has 0 spiro atoms. The zero-order chi connectivity index (χ0) is 23.4. The van der Waals surface area contributed by atoms with E-state index in [4.69, 9.17) is 0 Å². The normalized spacial score (nSPS) is 12.5. The largest absolute Gasteiger partial charge is 0.483 e. The first-order valence-electron chi connectivity index (χ1n) is 10.4. The van der Waals surface area contributed by atoms with E-state index in [1.807, 2.05) is 54.7 Å². The van der Waals surface area contributed by atoms with Gasteiger partial charge in [-0.15, -0.1) is 0 Å². The summed E-state index contributed by atoms with van der Waals surface area (Å²) in [6, 6.07) is 18.5. The summed E-state index contributed by atoms with van der Waals surface area (Å²) in [6.07, 6.45) is -1.05. The molecule has 0 unspecified atom stereocenters. The van der Waals surface area contributed by atoms with Crippen molar-refractivity contribution in [3.05, 3.63) is 84.3 Å². The summed E-state index contributed by atoms with van der Waals surface area (Å²) in [6.45, 7) is 0.384. The van der Waals surface area contributed by atoms with Crippen molar-refractivity contribution in [3.63, 3.8) is 0 Å². The van der Waals surface area contributed by atoms with Gasteiger partial charge in [0.1, 0.15) is 5.75 Å². The maximum Gasteiger partial charge on any atom is 0.422 e. The molecule has 8 heteroatoms. The van der Waals surface area contributed by atoms with Crippen LogP contribution in [0.3, 0.4) is 0 Å². The van der Waals surface area contributed by atoms with Crippen molar-refractivity contribution < 1.29 is 22.7 Å². The minimum Gasteiger partial charge on any atom is -0.483 e. The van der Waals surface area contributed by atoms with E-state index in [0.717, 1.165) is 27.6 Å². The average molecular weight is 453 g/mol. The van der Waals surface area contributed by atoms with Crippen LogP contribution >= 0.6 is 0 Å². The van der Waals surface area contributed by atoms with Crippen molar-refractivity contribution in [3.8, 4) is 16.9 Å². The molecule has 0 radical (unpaired) electrons. The molecular formula is C25H22F3N3O2. The fraction of sp³-hybridized carbons (Fsp3) is 0.200. The monoisotopic (exact) mass is 453 g/mol. The van der Waals surface area contributed by atoms with Gasteiger partial charge in [0, 0.05) is 22.7 Å². The number of hydrogen-bond donors (Lipinski definition) is 2. The van der Waals surface area contributed by atoms with Crippen LogP contribution < -0.4 is 10.1 Å². The third-order valence-electron chi connectivity index (χ3n) is 5.18. The highest BCUT2D eigenvalue weighted by Gasteiger charge is 2.28. The lowest BCUT2D eigenvalue weighted by molar-refractivity contribution is -0.153. The van der Waals surface area contributed by atoms with Crippen LogP contribution in [-0.4, -0.2) is 28.7 Å². The number of carbonyl (C=O) groups is 1. The second-order valence-corrected chi connectivity index (χ2v) is 7.74. The summed E-state index contributed by atoms with van der Waals surface area (Å²) in [5, 5.41) is 3.95. The van der Waals surface area contributed by atoms with Crippen molar-refractivity contribution in [2.45, 2.75) is 25.6 Å². The average Bonchev–Trinajstić information content (AvgIpc) is 3.21. The number of halogens is 3. The number of nitrogens with one attached hydrogen (secondary N) is 2. The summed E-state index contributed by atoms with van der Waals surface area (Å²) in [5.41, 5.74) is 4.55. The van der Waals surface area contributed by atoms with Gasteiger partial charge >= 0.3 is 6.18 Å². The third kappa shape index (κ3) is 5.71. The van der Waals surface area contributed by atoms with Crippen molar-refractivity contribution in [1.29, 1.82) is 0 Å². The molecule has 0 aliphatic rings. The Kier molecular flexibility index (Phi) is 6.35. The summed E-state index contributed by atoms with van der Waals surface area (Å²) < 4.78 is 41.4. The zero-order valence-electron chi connectivity index (χ0n) is 17.8. The maximum absolute atomic E-state index is 12.5. The van der Waals surface area contributed by atoms with Crippen molar-refractivity contribution in [1.82, 2.24) is 15.3 Å². The Morgan fingerprint density at radius 1 is 1.12 bits per heavy atom. The highest BCUT2D eigenvalue weighted by atomic mass is 19.4. The van der Waals surface area contributed by atoms with Crippen LogP contribution in [0.5, 0.6) is 5.75 Å². The number of alkyl halides is 3. The fourth-order valence-corrected chi connectivity index (χ4v) is 3.59. The molecule has 0 aliphatic carbocycles. The fourth-order valence-electron chi connectivity index (χ4n) is 3.59. The highest BCUT2D eigenvalue weighted by Crippen LogP contribution is 2.29. The van der Waals surface area contributed by atoms with Gasteiger partial charge in [-0.25, -0.2) is 0 Å². The number of rotatable bonds is 7.